The van der Waals surface area contributed by atoms with E-state index in [4.69, 9.17) is 4.74 Å². The Bertz CT molecular complexity index is 775. The van der Waals surface area contributed by atoms with E-state index in [0.29, 0.717) is 0 Å². The van der Waals surface area contributed by atoms with Gasteiger partial charge in [0.05, 0.1) is 4.90 Å². The summed E-state index contributed by atoms with van der Waals surface area (Å²) >= 11 is 0. The van der Waals surface area contributed by atoms with Crippen LogP contribution in [0.25, 0.3) is 0 Å². The highest BCUT2D eigenvalue weighted by Crippen LogP contribution is 2.14. The third-order valence-corrected chi connectivity index (χ3v) is 4.74. The van der Waals surface area contributed by atoms with Crippen LogP contribution in [0.3, 0.4) is 0 Å². The Labute approximate surface area is 146 Å². The zero-order valence-corrected chi connectivity index (χ0v) is 15.2. The van der Waals surface area contributed by atoms with Crippen molar-refractivity contribution in [3.63, 3.8) is 0 Å². The molecule has 0 radical (unpaired) electrons. The van der Waals surface area contributed by atoms with Gasteiger partial charge >= 0.3 is 12.0 Å². The molecule has 3 amide bonds. The summed E-state index contributed by atoms with van der Waals surface area (Å²) in [5.41, 5.74) is 1.74. The molecule has 1 aromatic carbocycles. The molecule has 0 aliphatic carbocycles. The van der Waals surface area contributed by atoms with E-state index in [1.165, 1.54) is 26.1 Å². The van der Waals surface area contributed by atoms with Crippen molar-refractivity contribution in [2.45, 2.75) is 31.8 Å². The summed E-state index contributed by atoms with van der Waals surface area (Å²) in [7, 11) is -2.57. The number of esters is 1. The molecule has 0 aliphatic heterocycles. The molecule has 3 N–H and O–H groups in total. The summed E-state index contributed by atoms with van der Waals surface area (Å²) < 4.78 is 31.2. The number of aryl methyl sites for hydroxylation is 2. The quantitative estimate of drug-likeness (QED) is 0.602. The van der Waals surface area contributed by atoms with Gasteiger partial charge in [0, 0.05) is 7.05 Å². The molecule has 25 heavy (non-hydrogen) atoms. The van der Waals surface area contributed by atoms with Crippen molar-refractivity contribution >= 4 is 27.9 Å². The first-order chi connectivity index (χ1) is 11.6. The number of carbonyl (C=O) groups is 3. The lowest BCUT2D eigenvalue weighted by Crippen LogP contribution is -2.44. The fourth-order valence-electron chi connectivity index (χ4n) is 1.69. The molecule has 0 saturated carbocycles. The number of sulfonamides is 1. The third kappa shape index (κ3) is 6.16. The van der Waals surface area contributed by atoms with Gasteiger partial charge in [-0.15, -0.1) is 0 Å². The molecule has 0 heterocycles. The Kier molecular flexibility index (Phi) is 7.07. The number of nitrogens with one attached hydrogen (secondary N) is 3. The zero-order chi connectivity index (χ0) is 19.2. The van der Waals surface area contributed by atoms with Crippen LogP contribution < -0.4 is 15.4 Å². The Hall–Kier alpha value is -2.46. The van der Waals surface area contributed by atoms with Gasteiger partial charge < -0.3 is 10.1 Å². The van der Waals surface area contributed by atoms with Gasteiger partial charge in [-0.05, 0) is 44.0 Å². The first-order valence-corrected chi connectivity index (χ1v) is 8.84. The second-order valence-corrected chi connectivity index (χ2v) is 7.04. The summed E-state index contributed by atoms with van der Waals surface area (Å²) in [5, 5.41) is 4.11. The van der Waals surface area contributed by atoms with Crippen LogP contribution in [0, 0.1) is 13.8 Å². The minimum Gasteiger partial charge on any atom is -0.452 e. The van der Waals surface area contributed by atoms with Crippen LogP contribution >= 0.6 is 0 Å². The Morgan fingerprint density at radius 3 is 2.36 bits per heavy atom. The topological polar surface area (TPSA) is 131 Å². The van der Waals surface area contributed by atoms with Crippen molar-refractivity contribution in [1.29, 1.82) is 0 Å². The molecule has 138 valence electrons. The van der Waals surface area contributed by atoms with Crippen molar-refractivity contribution < 1.29 is 27.5 Å². The van der Waals surface area contributed by atoms with Crippen LogP contribution in [-0.4, -0.2) is 46.0 Å². The second-order valence-electron chi connectivity index (χ2n) is 5.27. The van der Waals surface area contributed by atoms with E-state index in [1.807, 2.05) is 12.2 Å². The van der Waals surface area contributed by atoms with Gasteiger partial charge in [0.1, 0.15) is 6.54 Å². The van der Waals surface area contributed by atoms with Crippen LogP contribution in [0.1, 0.15) is 18.1 Å². The smallest absolute Gasteiger partial charge is 0.321 e. The predicted molar refractivity (Wildman–Crippen MR) is 89.3 cm³/mol. The van der Waals surface area contributed by atoms with Crippen molar-refractivity contribution in [3.8, 4) is 0 Å². The number of rotatable bonds is 6. The van der Waals surface area contributed by atoms with Gasteiger partial charge in [-0.3, -0.25) is 14.9 Å². The lowest BCUT2D eigenvalue weighted by atomic mass is 10.1. The summed E-state index contributed by atoms with van der Waals surface area (Å²) in [6.07, 6.45) is -1.25. The molecule has 1 atom stereocenters. The van der Waals surface area contributed by atoms with Gasteiger partial charge in [0.25, 0.3) is 5.91 Å². The summed E-state index contributed by atoms with van der Waals surface area (Å²) in [6, 6.07) is 3.83. The standard InChI is InChI=1S/C15H21N3O6S/c1-9-5-6-12(7-10(9)2)25(22,23)17-8-13(19)24-11(3)14(20)18-15(21)16-4/h5-7,11,17H,8H2,1-4H3,(H2,16,18,20,21)/t11-/m1/s1. The maximum absolute atomic E-state index is 12.2. The second kappa shape index (κ2) is 8.58. The number of urea groups is 1. The highest BCUT2D eigenvalue weighted by Gasteiger charge is 2.21. The molecule has 1 aromatic rings. The minimum absolute atomic E-state index is 0.0220. The van der Waals surface area contributed by atoms with E-state index in [9.17, 15) is 22.8 Å². The Morgan fingerprint density at radius 2 is 1.80 bits per heavy atom. The fourth-order valence-corrected chi connectivity index (χ4v) is 2.74. The number of amides is 3. The molecule has 0 spiro atoms. The van der Waals surface area contributed by atoms with E-state index in [0.717, 1.165) is 11.1 Å². The van der Waals surface area contributed by atoms with Gasteiger partial charge in [0.2, 0.25) is 10.0 Å². The van der Waals surface area contributed by atoms with Gasteiger partial charge in [-0.25, -0.2) is 13.2 Å². The highest BCUT2D eigenvalue weighted by atomic mass is 32.2. The Morgan fingerprint density at radius 1 is 1.16 bits per heavy atom. The van der Waals surface area contributed by atoms with Gasteiger partial charge in [0.15, 0.2) is 6.10 Å². The minimum atomic E-state index is -3.89. The molecule has 0 fully saturated rings. The van der Waals surface area contributed by atoms with Gasteiger partial charge in [-0.1, -0.05) is 6.07 Å². The van der Waals surface area contributed by atoms with E-state index >= 15 is 0 Å². The molecule has 1 rings (SSSR count). The molecule has 0 aliphatic rings. The first kappa shape index (κ1) is 20.6. The normalized spacial score (nSPS) is 12.2. The molecule has 10 heteroatoms. The number of hydrogen-bond donors (Lipinski definition) is 3. The summed E-state index contributed by atoms with van der Waals surface area (Å²) in [5.74, 6) is -1.78. The van der Waals surface area contributed by atoms with Crippen LogP contribution in [0.15, 0.2) is 23.1 Å². The Balaban J connectivity index is 2.61. The third-order valence-electron chi connectivity index (χ3n) is 3.34. The van der Waals surface area contributed by atoms with Crippen molar-refractivity contribution in [2.24, 2.45) is 0 Å². The monoisotopic (exact) mass is 371 g/mol. The summed E-state index contributed by atoms with van der Waals surface area (Å²) in [4.78, 5) is 34.3. The van der Waals surface area contributed by atoms with E-state index in [1.54, 1.807) is 13.0 Å². The average Bonchev–Trinajstić information content (AvgIpc) is 2.55. The van der Waals surface area contributed by atoms with Crippen molar-refractivity contribution in [1.82, 2.24) is 15.4 Å². The molecule has 0 bridgehead atoms. The molecule has 0 unspecified atom stereocenters. The number of carbonyl (C=O) groups excluding carboxylic acids is 3. The van der Waals surface area contributed by atoms with Crippen LogP contribution in [0.2, 0.25) is 0 Å². The fraction of sp³-hybridized carbons (Fsp3) is 0.400. The highest BCUT2D eigenvalue weighted by molar-refractivity contribution is 7.89. The lowest BCUT2D eigenvalue weighted by molar-refractivity contribution is -0.153. The van der Waals surface area contributed by atoms with E-state index in [2.05, 4.69) is 10.0 Å². The lowest BCUT2D eigenvalue weighted by Gasteiger charge is -2.13. The average molecular weight is 371 g/mol. The SMILES string of the molecule is CNC(=O)NC(=O)[C@@H](C)OC(=O)CNS(=O)(=O)c1ccc(C)c(C)c1. The summed E-state index contributed by atoms with van der Waals surface area (Å²) in [6.45, 7) is 4.23. The molecule has 0 saturated heterocycles. The number of benzene rings is 1. The zero-order valence-electron chi connectivity index (χ0n) is 14.4. The molecular weight excluding hydrogens is 350 g/mol. The maximum atomic E-state index is 12.2. The van der Waals surface area contributed by atoms with E-state index in [-0.39, 0.29) is 4.90 Å². The molecule has 9 nitrogen and oxygen atoms in total. The number of imide groups is 1. The maximum Gasteiger partial charge on any atom is 0.321 e. The first-order valence-electron chi connectivity index (χ1n) is 7.35. The molecule has 0 aromatic heterocycles. The van der Waals surface area contributed by atoms with E-state index < -0.39 is 40.6 Å². The number of hydrogen-bond acceptors (Lipinski definition) is 6. The van der Waals surface area contributed by atoms with Crippen molar-refractivity contribution in [2.75, 3.05) is 13.6 Å². The molecular formula is C15H21N3O6S. The van der Waals surface area contributed by atoms with Crippen LogP contribution in [-0.2, 0) is 24.3 Å². The van der Waals surface area contributed by atoms with Gasteiger partial charge in [-0.2, -0.15) is 4.72 Å². The largest absolute Gasteiger partial charge is 0.452 e. The number of ether oxygens (including phenoxy) is 1. The van der Waals surface area contributed by atoms with Crippen LogP contribution in [0.4, 0.5) is 4.79 Å². The van der Waals surface area contributed by atoms with Crippen LogP contribution in [0.5, 0.6) is 0 Å². The van der Waals surface area contributed by atoms with Crippen molar-refractivity contribution in [3.05, 3.63) is 29.3 Å². The predicted octanol–water partition coefficient (Wildman–Crippen LogP) is -0.0310.